The number of nitrogens with zero attached hydrogens (tertiary/aromatic N) is 1. The Morgan fingerprint density at radius 1 is 0.893 bits per heavy atom. The van der Waals surface area contributed by atoms with Gasteiger partial charge in [-0.3, -0.25) is 9.59 Å². The van der Waals surface area contributed by atoms with Crippen molar-refractivity contribution in [3.05, 3.63) is 54.1 Å². The Balaban J connectivity index is 1.53. The predicted octanol–water partition coefficient (Wildman–Crippen LogP) is 3.53. The van der Waals surface area contributed by atoms with Gasteiger partial charge in [0, 0.05) is 12.8 Å². The average Bonchev–Trinajstić information content (AvgIpc) is 2.66. The highest BCUT2D eigenvalue weighted by atomic mass is 16.3. The number of benzene rings is 2. The average molecular weight is 383 g/mol. The minimum atomic E-state index is -0.173. The number of hydrogen-bond donors (Lipinski definition) is 4. The van der Waals surface area contributed by atoms with Crippen LogP contribution in [0.2, 0.25) is 0 Å². The summed E-state index contributed by atoms with van der Waals surface area (Å²) in [6, 6.07) is 13.2. The maximum Gasteiger partial charge on any atom is 0.240 e. The van der Waals surface area contributed by atoms with Crippen molar-refractivity contribution in [1.82, 2.24) is 5.43 Å². The minimum absolute atomic E-state index is 0.0496. The summed E-state index contributed by atoms with van der Waals surface area (Å²) in [4.78, 5) is 23.6. The summed E-state index contributed by atoms with van der Waals surface area (Å²) in [6.45, 7) is 0. The molecule has 0 aliphatic heterocycles. The maximum absolute atomic E-state index is 11.8. The lowest BCUT2D eigenvalue weighted by molar-refractivity contribution is -0.121. The van der Waals surface area contributed by atoms with Crippen molar-refractivity contribution in [3.8, 4) is 11.5 Å². The highest BCUT2D eigenvalue weighted by Gasteiger charge is 2.05. The SMILES string of the molecule is O=C(CCCCCCC(=O)Nc1ccccc1O)N/N=C/c1cccc(O)c1. The number of amides is 2. The molecular weight excluding hydrogens is 358 g/mol. The Kier molecular flexibility index (Phi) is 8.52. The molecule has 0 fully saturated rings. The zero-order valence-electron chi connectivity index (χ0n) is 15.6. The van der Waals surface area contributed by atoms with E-state index in [1.807, 2.05) is 0 Å². The summed E-state index contributed by atoms with van der Waals surface area (Å²) in [7, 11) is 0. The van der Waals surface area contributed by atoms with E-state index in [1.165, 1.54) is 12.3 Å². The van der Waals surface area contributed by atoms with Gasteiger partial charge in [0.05, 0.1) is 11.9 Å². The van der Waals surface area contributed by atoms with E-state index in [-0.39, 0.29) is 23.3 Å². The van der Waals surface area contributed by atoms with E-state index in [1.54, 1.807) is 42.5 Å². The van der Waals surface area contributed by atoms with Gasteiger partial charge in [-0.1, -0.05) is 37.1 Å². The van der Waals surface area contributed by atoms with Crippen LogP contribution in [0.25, 0.3) is 0 Å². The first-order valence-electron chi connectivity index (χ1n) is 9.23. The van der Waals surface area contributed by atoms with Crippen LogP contribution >= 0.6 is 0 Å². The van der Waals surface area contributed by atoms with Crippen LogP contribution in [-0.2, 0) is 9.59 Å². The molecule has 7 heteroatoms. The third kappa shape index (κ3) is 7.90. The first-order valence-corrected chi connectivity index (χ1v) is 9.23. The molecule has 0 radical (unpaired) electrons. The lowest BCUT2D eigenvalue weighted by atomic mass is 10.1. The number of carbonyl (C=O) groups excluding carboxylic acids is 2. The van der Waals surface area contributed by atoms with Crippen molar-refractivity contribution in [2.75, 3.05) is 5.32 Å². The van der Waals surface area contributed by atoms with Gasteiger partial charge < -0.3 is 15.5 Å². The fraction of sp³-hybridized carbons (Fsp3) is 0.286. The van der Waals surface area contributed by atoms with Crippen molar-refractivity contribution in [2.45, 2.75) is 38.5 Å². The number of rotatable bonds is 10. The van der Waals surface area contributed by atoms with Gasteiger partial charge >= 0.3 is 0 Å². The first-order chi connectivity index (χ1) is 13.5. The first kappa shape index (κ1) is 21.0. The fourth-order valence-corrected chi connectivity index (χ4v) is 2.56. The lowest BCUT2D eigenvalue weighted by Gasteiger charge is -2.06. The molecule has 0 atom stereocenters. The van der Waals surface area contributed by atoms with Gasteiger partial charge in [-0.05, 0) is 42.7 Å². The summed E-state index contributed by atoms with van der Waals surface area (Å²) in [6.07, 6.45) is 5.32. The highest BCUT2D eigenvalue weighted by Crippen LogP contribution is 2.21. The van der Waals surface area contributed by atoms with Crippen LogP contribution in [0, 0.1) is 0 Å². The molecule has 2 rings (SSSR count). The zero-order valence-corrected chi connectivity index (χ0v) is 15.6. The molecule has 7 nitrogen and oxygen atoms in total. The second-order valence-corrected chi connectivity index (χ2v) is 6.37. The third-order valence-electron chi connectivity index (χ3n) is 4.01. The number of hydrogen-bond acceptors (Lipinski definition) is 5. The van der Waals surface area contributed by atoms with E-state index in [2.05, 4.69) is 15.8 Å². The fourth-order valence-electron chi connectivity index (χ4n) is 2.56. The molecular formula is C21H25N3O4. The molecule has 0 saturated carbocycles. The highest BCUT2D eigenvalue weighted by molar-refractivity contribution is 5.92. The largest absolute Gasteiger partial charge is 0.508 e. The van der Waals surface area contributed by atoms with E-state index < -0.39 is 0 Å². The summed E-state index contributed by atoms with van der Waals surface area (Å²) >= 11 is 0. The van der Waals surface area contributed by atoms with Crippen LogP contribution in [0.15, 0.2) is 53.6 Å². The summed E-state index contributed by atoms with van der Waals surface area (Å²) in [5.74, 6) is -0.118. The Hall–Kier alpha value is -3.35. The number of unbranched alkanes of at least 4 members (excludes halogenated alkanes) is 3. The molecule has 148 valence electrons. The molecule has 28 heavy (non-hydrogen) atoms. The molecule has 0 aliphatic rings. The number of anilines is 1. The van der Waals surface area contributed by atoms with Gasteiger partial charge in [0.1, 0.15) is 11.5 Å². The van der Waals surface area contributed by atoms with E-state index in [0.717, 1.165) is 19.3 Å². The molecule has 0 spiro atoms. The third-order valence-corrected chi connectivity index (χ3v) is 4.01. The molecule has 0 aromatic heterocycles. The molecule has 0 unspecified atom stereocenters. The number of carbonyl (C=O) groups is 2. The predicted molar refractivity (Wildman–Crippen MR) is 108 cm³/mol. The monoisotopic (exact) mass is 383 g/mol. The summed E-state index contributed by atoms with van der Waals surface area (Å²) < 4.78 is 0. The Bertz CT molecular complexity index is 821. The summed E-state index contributed by atoms with van der Waals surface area (Å²) in [5, 5.41) is 25.5. The second kappa shape index (κ2) is 11.4. The Morgan fingerprint density at radius 3 is 2.32 bits per heavy atom. The molecule has 0 aliphatic carbocycles. The standard InChI is InChI=1S/C21H25N3O4/c25-17-9-7-8-16(14-17)15-22-24-21(28)13-4-2-1-3-12-20(27)23-18-10-5-6-11-19(18)26/h5-11,14-15,25-26H,1-4,12-13H2,(H,23,27)(H,24,28)/b22-15+. The molecule has 2 amide bonds. The van der Waals surface area contributed by atoms with Crippen molar-refractivity contribution in [3.63, 3.8) is 0 Å². The van der Waals surface area contributed by atoms with Gasteiger partial charge in [-0.2, -0.15) is 5.10 Å². The van der Waals surface area contributed by atoms with Crippen LogP contribution in [0.1, 0.15) is 44.1 Å². The van der Waals surface area contributed by atoms with E-state index in [0.29, 0.717) is 30.5 Å². The molecule has 0 heterocycles. The Labute approximate surface area is 164 Å². The molecule has 0 bridgehead atoms. The van der Waals surface area contributed by atoms with Gasteiger partial charge in [-0.15, -0.1) is 0 Å². The quantitative estimate of drug-likeness (QED) is 0.218. The van der Waals surface area contributed by atoms with Crippen LogP contribution in [0.4, 0.5) is 5.69 Å². The number of aromatic hydroxyl groups is 2. The normalized spacial score (nSPS) is 10.7. The van der Waals surface area contributed by atoms with Gasteiger partial charge in [-0.25, -0.2) is 5.43 Å². The molecule has 2 aromatic carbocycles. The molecule has 0 saturated heterocycles. The molecule has 4 N–H and O–H groups in total. The van der Waals surface area contributed by atoms with Crippen molar-refractivity contribution < 1.29 is 19.8 Å². The van der Waals surface area contributed by atoms with Crippen LogP contribution in [-0.4, -0.2) is 28.2 Å². The van der Waals surface area contributed by atoms with Gasteiger partial charge in [0.15, 0.2) is 0 Å². The second-order valence-electron chi connectivity index (χ2n) is 6.37. The number of para-hydroxylation sites is 2. The molecule has 2 aromatic rings. The number of phenolic OH excluding ortho intramolecular Hbond substituents is 2. The van der Waals surface area contributed by atoms with E-state index in [9.17, 15) is 19.8 Å². The number of nitrogens with one attached hydrogen (secondary N) is 2. The van der Waals surface area contributed by atoms with Gasteiger partial charge in [0.25, 0.3) is 0 Å². The lowest BCUT2D eigenvalue weighted by Crippen LogP contribution is -2.16. The van der Waals surface area contributed by atoms with Crippen LogP contribution in [0.5, 0.6) is 11.5 Å². The van der Waals surface area contributed by atoms with Crippen LogP contribution in [0.3, 0.4) is 0 Å². The zero-order chi connectivity index (χ0) is 20.2. The Morgan fingerprint density at radius 2 is 1.61 bits per heavy atom. The topological polar surface area (TPSA) is 111 Å². The minimum Gasteiger partial charge on any atom is -0.508 e. The van der Waals surface area contributed by atoms with E-state index in [4.69, 9.17) is 0 Å². The maximum atomic E-state index is 11.8. The van der Waals surface area contributed by atoms with Crippen molar-refractivity contribution in [2.24, 2.45) is 5.10 Å². The van der Waals surface area contributed by atoms with Gasteiger partial charge in [0.2, 0.25) is 11.8 Å². The smallest absolute Gasteiger partial charge is 0.240 e. The van der Waals surface area contributed by atoms with Crippen molar-refractivity contribution in [1.29, 1.82) is 0 Å². The van der Waals surface area contributed by atoms with E-state index >= 15 is 0 Å². The van der Waals surface area contributed by atoms with Crippen LogP contribution < -0.4 is 10.7 Å². The number of hydrazone groups is 1. The summed E-state index contributed by atoms with van der Waals surface area (Å²) in [5.41, 5.74) is 3.56. The number of phenols is 2. The van der Waals surface area contributed by atoms with Crippen molar-refractivity contribution >= 4 is 23.7 Å².